The molecule has 0 bridgehead atoms. The molecule has 0 spiro atoms. The lowest BCUT2D eigenvalue weighted by molar-refractivity contribution is 0.0796. The highest BCUT2D eigenvalue weighted by atomic mass is 35.5. The molecule has 1 aromatic rings. The topological polar surface area (TPSA) is 21.3 Å². The zero-order valence-corrected chi connectivity index (χ0v) is 10.9. The van der Waals surface area contributed by atoms with Gasteiger partial charge in [0.15, 0.2) is 0 Å². The molecule has 0 saturated carbocycles. The molecule has 3 heteroatoms. The van der Waals surface area contributed by atoms with Crippen LogP contribution in [-0.2, 0) is 4.74 Å². The molecule has 0 fully saturated rings. The third kappa shape index (κ3) is 4.97. The summed E-state index contributed by atoms with van der Waals surface area (Å²) in [6, 6.07) is 8.25. The van der Waals surface area contributed by atoms with Crippen molar-refractivity contribution in [2.24, 2.45) is 0 Å². The molecule has 0 unspecified atom stereocenters. The molecule has 2 nitrogen and oxygen atoms in total. The van der Waals surface area contributed by atoms with Gasteiger partial charge in [-0.15, -0.1) is 0 Å². The second-order valence-corrected chi connectivity index (χ2v) is 4.58. The van der Waals surface area contributed by atoms with Crippen molar-refractivity contribution < 1.29 is 4.74 Å². The van der Waals surface area contributed by atoms with Crippen molar-refractivity contribution in [2.45, 2.75) is 32.9 Å². The van der Waals surface area contributed by atoms with E-state index in [1.54, 1.807) is 0 Å². The summed E-state index contributed by atoms with van der Waals surface area (Å²) < 4.78 is 5.46. The van der Waals surface area contributed by atoms with E-state index in [-0.39, 0.29) is 0 Å². The predicted molar refractivity (Wildman–Crippen MR) is 69.0 cm³/mol. The maximum absolute atomic E-state index is 5.84. The molecule has 1 aromatic carbocycles. The van der Waals surface area contributed by atoms with Crippen LogP contribution < -0.4 is 5.32 Å². The van der Waals surface area contributed by atoms with Crippen LogP contribution in [0.1, 0.15) is 32.4 Å². The number of halogens is 1. The zero-order valence-electron chi connectivity index (χ0n) is 10.2. The fourth-order valence-electron chi connectivity index (χ4n) is 1.44. The Morgan fingerprint density at radius 2 is 1.81 bits per heavy atom. The van der Waals surface area contributed by atoms with Crippen molar-refractivity contribution in [3.8, 4) is 0 Å². The molecule has 1 N–H and O–H groups in total. The van der Waals surface area contributed by atoms with Crippen LogP contribution in [0.2, 0.25) is 5.02 Å². The summed E-state index contributed by atoms with van der Waals surface area (Å²) in [7, 11) is 0. The van der Waals surface area contributed by atoms with Crippen LogP contribution in [0.15, 0.2) is 24.3 Å². The zero-order chi connectivity index (χ0) is 12.0. The second kappa shape index (κ2) is 6.89. The molecule has 0 aliphatic rings. The molecule has 0 aromatic heterocycles. The predicted octanol–water partition coefficient (Wildman–Crippen LogP) is 3.42. The first-order valence-electron chi connectivity index (χ1n) is 5.70. The molecule has 90 valence electrons. The van der Waals surface area contributed by atoms with Gasteiger partial charge in [-0.3, -0.25) is 0 Å². The number of nitrogens with one attached hydrogen (secondary N) is 1. The summed E-state index contributed by atoms with van der Waals surface area (Å²) >= 11 is 5.84. The summed E-state index contributed by atoms with van der Waals surface area (Å²) in [5, 5.41) is 4.18. The summed E-state index contributed by atoms with van der Waals surface area (Å²) in [5.41, 5.74) is 1.24. The maximum Gasteiger partial charge on any atom is 0.0594 e. The van der Waals surface area contributed by atoms with Gasteiger partial charge in [0.05, 0.1) is 12.7 Å². The van der Waals surface area contributed by atoms with E-state index in [1.165, 1.54) is 5.56 Å². The SMILES string of the molecule is CC(C)OCCN[C@@H](C)c1ccc(Cl)cc1. The molecule has 0 amide bonds. The molecular weight excluding hydrogens is 222 g/mol. The van der Waals surface area contributed by atoms with Crippen LogP contribution >= 0.6 is 11.6 Å². The number of hydrogen-bond acceptors (Lipinski definition) is 2. The quantitative estimate of drug-likeness (QED) is 0.771. The number of hydrogen-bond donors (Lipinski definition) is 1. The summed E-state index contributed by atoms with van der Waals surface area (Å²) in [5.74, 6) is 0. The number of rotatable bonds is 6. The molecule has 0 saturated heterocycles. The van der Waals surface area contributed by atoms with Gasteiger partial charge >= 0.3 is 0 Å². The molecule has 0 aliphatic carbocycles. The normalized spacial score (nSPS) is 13.1. The minimum absolute atomic E-state index is 0.299. The van der Waals surface area contributed by atoms with Crippen LogP contribution in [0.5, 0.6) is 0 Å². The average Bonchev–Trinajstić information content (AvgIpc) is 2.25. The minimum Gasteiger partial charge on any atom is -0.377 e. The number of benzene rings is 1. The van der Waals surface area contributed by atoms with Gasteiger partial charge in [0.25, 0.3) is 0 Å². The largest absolute Gasteiger partial charge is 0.377 e. The third-order valence-corrected chi connectivity index (χ3v) is 2.63. The Balaban J connectivity index is 2.29. The Bertz CT molecular complexity index is 297. The van der Waals surface area contributed by atoms with Crippen molar-refractivity contribution in [3.05, 3.63) is 34.9 Å². The molecule has 1 rings (SSSR count). The molecular formula is C13H20ClNO. The van der Waals surface area contributed by atoms with Gasteiger partial charge in [-0.05, 0) is 38.5 Å². The second-order valence-electron chi connectivity index (χ2n) is 4.15. The monoisotopic (exact) mass is 241 g/mol. The highest BCUT2D eigenvalue weighted by Crippen LogP contribution is 2.15. The van der Waals surface area contributed by atoms with E-state index in [0.717, 1.165) is 18.2 Å². The van der Waals surface area contributed by atoms with Crippen molar-refractivity contribution >= 4 is 11.6 Å². The standard InChI is InChI=1S/C13H20ClNO/c1-10(2)16-9-8-15-11(3)12-4-6-13(14)7-5-12/h4-7,10-11,15H,8-9H2,1-3H3/t11-/m0/s1. The van der Waals surface area contributed by atoms with Crippen molar-refractivity contribution in [2.75, 3.05) is 13.2 Å². The Morgan fingerprint density at radius 3 is 2.38 bits per heavy atom. The molecule has 0 heterocycles. The molecule has 0 radical (unpaired) electrons. The molecule has 16 heavy (non-hydrogen) atoms. The lowest BCUT2D eigenvalue weighted by atomic mass is 10.1. The first-order chi connectivity index (χ1) is 7.59. The summed E-state index contributed by atoms with van der Waals surface area (Å²) in [6.07, 6.45) is 0.299. The van der Waals surface area contributed by atoms with Gasteiger partial charge in [0.1, 0.15) is 0 Å². The Labute approximate surface area is 103 Å². The van der Waals surface area contributed by atoms with Crippen molar-refractivity contribution in [1.82, 2.24) is 5.32 Å². The smallest absolute Gasteiger partial charge is 0.0594 e. The minimum atomic E-state index is 0.299. The van der Waals surface area contributed by atoms with E-state index in [4.69, 9.17) is 16.3 Å². The van der Waals surface area contributed by atoms with Crippen molar-refractivity contribution in [1.29, 1.82) is 0 Å². The van der Waals surface area contributed by atoms with Gasteiger partial charge in [-0.2, -0.15) is 0 Å². The van der Waals surface area contributed by atoms with Crippen molar-refractivity contribution in [3.63, 3.8) is 0 Å². The fourth-order valence-corrected chi connectivity index (χ4v) is 1.57. The van der Waals surface area contributed by atoms with Crippen LogP contribution in [0.3, 0.4) is 0 Å². The van der Waals surface area contributed by atoms with Gasteiger partial charge in [0, 0.05) is 17.6 Å². The van der Waals surface area contributed by atoms with Crippen LogP contribution in [0.4, 0.5) is 0 Å². The van der Waals surface area contributed by atoms with E-state index in [0.29, 0.717) is 12.1 Å². The average molecular weight is 242 g/mol. The van der Waals surface area contributed by atoms with E-state index in [1.807, 2.05) is 38.1 Å². The highest BCUT2D eigenvalue weighted by Gasteiger charge is 2.03. The van der Waals surface area contributed by atoms with Gasteiger partial charge in [-0.1, -0.05) is 23.7 Å². The maximum atomic E-state index is 5.84. The lowest BCUT2D eigenvalue weighted by Gasteiger charge is -2.15. The van der Waals surface area contributed by atoms with Gasteiger partial charge < -0.3 is 10.1 Å². The molecule has 1 atom stereocenters. The first-order valence-corrected chi connectivity index (χ1v) is 6.08. The summed E-state index contributed by atoms with van der Waals surface area (Å²) in [6.45, 7) is 7.83. The van der Waals surface area contributed by atoms with E-state index >= 15 is 0 Å². The Morgan fingerprint density at radius 1 is 1.19 bits per heavy atom. The third-order valence-electron chi connectivity index (χ3n) is 2.37. The molecule has 0 aliphatic heterocycles. The van der Waals surface area contributed by atoms with E-state index in [2.05, 4.69) is 12.2 Å². The number of ether oxygens (including phenoxy) is 1. The highest BCUT2D eigenvalue weighted by molar-refractivity contribution is 6.30. The van der Waals surface area contributed by atoms with Gasteiger partial charge in [-0.25, -0.2) is 0 Å². The lowest BCUT2D eigenvalue weighted by Crippen LogP contribution is -2.24. The first kappa shape index (κ1) is 13.5. The van der Waals surface area contributed by atoms with Crippen LogP contribution in [-0.4, -0.2) is 19.3 Å². The fraction of sp³-hybridized carbons (Fsp3) is 0.538. The van der Waals surface area contributed by atoms with Crippen LogP contribution in [0.25, 0.3) is 0 Å². The van der Waals surface area contributed by atoms with Crippen LogP contribution in [0, 0.1) is 0 Å². The summed E-state index contributed by atoms with van der Waals surface area (Å²) in [4.78, 5) is 0. The Kier molecular flexibility index (Phi) is 5.81. The van der Waals surface area contributed by atoms with E-state index in [9.17, 15) is 0 Å². The Hall–Kier alpha value is -0.570. The van der Waals surface area contributed by atoms with Gasteiger partial charge in [0.2, 0.25) is 0 Å². The van der Waals surface area contributed by atoms with E-state index < -0.39 is 0 Å².